The normalized spacial score (nSPS) is 13.2. The van der Waals surface area contributed by atoms with Gasteiger partial charge in [0, 0.05) is 34.1 Å². The van der Waals surface area contributed by atoms with Crippen LogP contribution in [0.15, 0.2) is 53.4 Å². The van der Waals surface area contributed by atoms with E-state index in [-0.39, 0.29) is 5.82 Å². The minimum absolute atomic E-state index is 0.207. The van der Waals surface area contributed by atoms with E-state index in [9.17, 15) is 17.6 Å². The molecule has 2 aromatic carbocycles. The zero-order valence-corrected chi connectivity index (χ0v) is 20.3. The van der Waals surface area contributed by atoms with Crippen LogP contribution in [0.25, 0.3) is 10.9 Å². The predicted octanol–water partition coefficient (Wildman–Crippen LogP) is 7.82. The molecule has 0 saturated heterocycles. The van der Waals surface area contributed by atoms with E-state index in [1.54, 1.807) is 30.0 Å². The maximum absolute atomic E-state index is 13.6. The van der Waals surface area contributed by atoms with Gasteiger partial charge in [-0.05, 0) is 93.6 Å². The first-order chi connectivity index (χ1) is 15.7. The Hall–Kier alpha value is -1.99. The molecule has 1 aromatic heterocycles. The highest BCUT2D eigenvalue weighted by Crippen LogP contribution is 2.31. The van der Waals surface area contributed by atoms with Gasteiger partial charge in [-0.25, -0.2) is 4.39 Å². The number of alkyl halides is 3. The first kappa shape index (κ1) is 25.6. The number of aromatic nitrogens is 1. The lowest BCUT2D eigenvalue weighted by Crippen LogP contribution is -2.28. The number of hydrogen-bond acceptors (Lipinski definition) is 2. The van der Waals surface area contributed by atoms with Crippen molar-refractivity contribution in [3.63, 3.8) is 0 Å². The maximum atomic E-state index is 13.6. The Balaban J connectivity index is 1.49. The largest absolute Gasteiger partial charge is 0.416 e. The monoisotopic (exact) mass is 480 g/mol. The minimum Gasteiger partial charge on any atom is -0.342 e. The third-order valence-electron chi connectivity index (χ3n) is 6.06. The summed E-state index contributed by atoms with van der Waals surface area (Å²) in [5.41, 5.74) is 1.70. The second kappa shape index (κ2) is 11.4. The van der Waals surface area contributed by atoms with Gasteiger partial charge in [0.25, 0.3) is 0 Å². The molecule has 0 bridgehead atoms. The van der Waals surface area contributed by atoms with Crippen LogP contribution in [0.3, 0.4) is 0 Å². The Morgan fingerprint density at radius 1 is 1.00 bits per heavy atom. The number of halogens is 4. The van der Waals surface area contributed by atoms with Gasteiger partial charge in [-0.3, -0.25) is 0 Å². The third kappa shape index (κ3) is 6.76. The lowest BCUT2D eigenvalue weighted by Gasteiger charge is -2.24. The molecule has 0 aliphatic heterocycles. The van der Waals surface area contributed by atoms with Crippen molar-refractivity contribution in [3.8, 4) is 0 Å². The van der Waals surface area contributed by atoms with E-state index in [0.717, 1.165) is 72.6 Å². The second-order valence-electron chi connectivity index (χ2n) is 8.36. The lowest BCUT2D eigenvalue weighted by atomic mass is 10.2. The molecule has 0 N–H and O–H groups in total. The standard InChI is InChI=1S/C26H32F4N2S/c1-4-23-18-20-17-22(27)9-12-25(20)32(23)19(3)13-15-31(5-2)14-6-16-33-24-10-7-21(8-11-24)26(28,29)30/h7-12,17-19H,4-6,13-16H2,1-3H3. The third-order valence-corrected chi connectivity index (χ3v) is 7.16. The molecule has 1 heterocycles. The Morgan fingerprint density at radius 2 is 1.73 bits per heavy atom. The molecule has 0 aliphatic rings. The molecule has 180 valence electrons. The van der Waals surface area contributed by atoms with E-state index in [1.807, 2.05) is 6.07 Å². The van der Waals surface area contributed by atoms with Crippen molar-refractivity contribution < 1.29 is 17.6 Å². The van der Waals surface area contributed by atoms with Crippen LogP contribution in [0.1, 0.15) is 50.9 Å². The SMILES string of the molecule is CCc1cc2cc(F)ccc2n1C(C)CCN(CC)CCCSc1ccc(C(F)(F)F)cc1. The van der Waals surface area contributed by atoms with Crippen molar-refractivity contribution in [3.05, 3.63) is 65.6 Å². The smallest absolute Gasteiger partial charge is 0.342 e. The van der Waals surface area contributed by atoms with Gasteiger partial charge in [0.15, 0.2) is 0 Å². The quantitative estimate of drug-likeness (QED) is 0.157. The number of nitrogens with zero attached hydrogens (tertiary/aromatic N) is 2. The van der Waals surface area contributed by atoms with E-state index in [1.165, 1.54) is 11.8 Å². The van der Waals surface area contributed by atoms with Crippen molar-refractivity contribution in [2.24, 2.45) is 0 Å². The van der Waals surface area contributed by atoms with Gasteiger partial charge in [0.05, 0.1) is 5.56 Å². The summed E-state index contributed by atoms with van der Waals surface area (Å²) in [6, 6.07) is 12.8. The van der Waals surface area contributed by atoms with Gasteiger partial charge in [0.1, 0.15) is 5.82 Å². The first-order valence-electron chi connectivity index (χ1n) is 11.5. The van der Waals surface area contributed by atoms with Crippen LogP contribution in [-0.4, -0.2) is 34.9 Å². The van der Waals surface area contributed by atoms with Gasteiger partial charge >= 0.3 is 6.18 Å². The fourth-order valence-corrected chi connectivity index (χ4v) is 5.04. The van der Waals surface area contributed by atoms with E-state index >= 15 is 0 Å². The van der Waals surface area contributed by atoms with Gasteiger partial charge in [-0.2, -0.15) is 13.2 Å². The van der Waals surface area contributed by atoms with E-state index in [2.05, 4.69) is 36.3 Å². The van der Waals surface area contributed by atoms with Crippen LogP contribution in [0, 0.1) is 5.82 Å². The molecule has 2 nitrogen and oxygen atoms in total. The second-order valence-corrected chi connectivity index (χ2v) is 9.53. The Kier molecular flexibility index (Phi) is 8.88. The van der Waals surface area contributed by atoms with Crippen molar-refractivity contribution in [2.45, 2.75) is 57.1 Å². The Morgan fingerprint density at radius 3 is 2.36 bits per heavy atom. The molecule has 0 fully saturated rings. The summed E-state index contributed by atoms with van der Waals surface area (Å²) in [5, 5.41) is 0.950. The van der Waals surface area contributed by atoms with Crippen LogP contribution in [-0.2, 0) is 12.6 Å². The molecule has 0 aliphatic carbocycles. The fourth-order valence-electron chi connectivity index (χ4n) is 4.20. The van der Waals surface area contributed by atoms with Crippen molar-refractivity contribution >= 4 is 22.7 Å². The van der Waals surface area contributed by atoms with E-state index in [4.69, 9.17) is 0 Å². The summed E-state index contributed by atoms with van der Waals surface area (Å²) in [6.45, 7) is 9.37. The maximum Gasteiger partial charge on any atom is 0.416 e. The summed E-state index contributed by atoms with van der Waals surface area (Å²) in [7, 11) is 0. The predicted molar refractivity (Wildman–Crippen MR) is 130 cm³/mol. The van der Waals surface area contributed by atoms with E-state index < -0.39 is 11.7 Å². The lowest BCUT2D eigenvalue weighted by molar-refractivity contribution is -0.137. The summed E-state index contributed by atoms with van der Waals surface area (Å²) in [4.78, 5) is 3.28. The van der Waals surface area contributed by atoms with Crippen molar-refractivity contribution in [2.75, 3.05) is 25.4 Å². The van der Waals surface area contributed by atoms with Crippen LogP contribution in [0.4, 0.5) is 17.6 Å². The molecule has 0 spiro atoms. The molecule has 0 amide bonds. The number of aryl methyl sites for hydroxylation is 1. The highest BCUT2D eigenvalue weighted by atomic mass is 32.2. The fraction of sp³-hybridized carbons (Fsp3) is 0.462. The summed E-state index contributed by atoms with van der Waals surface area (Å²) in [6.07, 6.45) is -1.42. The van der Waals surface area contributed by atoms with Gasteiger partial charge in [-0.15, -0.1) is 11.8 Å². The number of hydrogen-bond donors (Lipinski definition) is 0. The number of rotatable bonds is 11. The molecule has 3 aromatic rings. The van der Waals surface area contributed by atoms with Crippen molar-refractivity contribution in [1.29, 1.82) is 0 Å². The average Bonchev–Trinajstić information content (AvgIpc) is 3.15. The zero-order valence-electron chi connectivity index (χ0n) is 19.5. The summed E-state index contributed by atoms with van der Waals surface area (Å²) >= 11 is 1.59. The molecule has 0 saturated carbocycles. The van der Waals surface area contributed by atoms with Crippen LogP contribution in [0.5, 0.6) is 0 Å². The van der Waals surface area contributed by atoms with Crippen LogP contribution in [0.2, 0.25) is 0 Å². The average molecular weight is 481 g/mol. The molecule has 1 atom stereocenters. The molecule has 33 heavy (non-hydrogen) atoms. The molecule has 1 unspecified atom stereocenters. The molecule has 7 heteroatoms. The summed E-state index contributed by atoms with van der Waals surface area (Å²) < 4.78 is 54.0. The number of thioether (sulfide) groups is 1. The number of fused-ring (bicyclic) bond motifs is 1. The Labute approximate surface area is 198 Å². The van der Waals surface area contributed by atoms with Gasteiger partial charge in [0.2, 0.25) is 0 Å². The molecular formula is C26H32F4N2S. The van der Waals surface area contributed by atoms with Crippen LogP contribution < -0.4 is 0 Å². The number of benzene rings is 2. The van der Waals surface area contributed by atoms with Crippen molar-refractivity contribution in [1.82, 2.24) is 9.47 Å². The van der Waals surface area contributed by atoms with Crippen LogP contribution >= 0.6 is 11.8 Å². The summed E-state index contributed by atoms with van der Waals surface area (Å²) in [5.74, 6) is 0.659. The molecule has 0 radical (unpaired) electrons. The zero-order chi connectivity index (χ0) is 24.0. The van der Waals surface area contributed by atoms with Gasteiger partial charge < -0.3 is 9.47 Å². The Bertz CT molecular complexity index is 1030. The van der Waals surface area contributed by atoms with Gasteiger partial charge in [-0.1, -0.05) is 13.8 Å². The molecular weight excluding hydrogens is 448 g/mol. The molecule has 3 rings (SSSR count). The highest BCUT2D eigenvalue weighted by Gasteiger charge is 2.29. The highest BCUT2D eigenvalue weighted by molar-refractivity contribution is 7.99. The minimum atomic E-state index is -4.29. The van der Waals surface area contributed by atoms with E-state index in [0.29, 0.717) is 6.04 Å². The topological polar surface area (TPSA) is 8.17 Å². The first-order valence-corrected chi connectivity index (χ1v) is 12.5.